The number of ether oxygens (including phenoxy) is 1. The Labute approximate surface area is 170 Å². The molecule has 0 bridgehead atoms. The number of aryl methyl sites for hydroxylation is 1. The van der Waals surface area contributed by atoms with E-state index in [1.807, 2.05) is 48.5 Å². The van der Waals surface area contributed by atoms with Gasteiger partial charge in [-0.2, -0.15) is 0 Å². The molecule has 2 aromatic carbocycles. The normalized spacial score (nSPS) is 15.7. The van der Waals surface area contributed by atoms with Crippen LogP contribution in [-0.4, -0.2) is 48.0 Å². The number of carbonyl (C=O) groups is 2. The van der Waals surface area contributed by atoms with Crippen LogP contribution >= 0.6 is 0 Å². The molecule has 150 valence electrons. The van der Waals surface area contributed by atoms with Gasteiger partial charge in [-0.05, 0) is 30.7 Å². The van der Waals surface area contributed by atoms with Gasteiger partial charge in [0.15, 0.2) is 6.10 Å². The summed E-state index contributed by atoms with van der Waals surface area (Å²) in [5.74, 6) is 0.263. The molecule has 0 aliphatic carbocycles. The quantitative estimate of drug-likeness (QED) is 0.684. The van der Waals surface area contributed by atoms with E-state index in [-0.39, 0.29) is 18.4 Å². The summed E-state index contributed by atoms with van der Waals surface area (Å²) >= 11 is 0. The highest BCUT2D eigenvalue weighted by atomic mass is 16.5. The summed E-state index contributed by atoms with van der Waals surface area (Å²) in [4.78, 5) is 29.4. The van der Waals surface area contributed by atoms with Crippen LogP contribution in [0.1, 0.15) is 23.8 Å². The van der Waals surface area contributed by atoms with Gasteiger partial charge in [-0.25, -0.2) is 0 Å². The molecule has 1 aliphatic heterocycles. The zero-order valence-electron chi connectivity index (χ0n) is 17.0. The van der Waals surface area contributed by atoms with Crippen molar-refractivity contribution in [3.63, 3.8) is 0 Å². The summed E-state index contributed by atoms with van der Waals surface area (Å²) in [5, 5.41) is 1.03. The first-order valence-electron chi connectivity index (χ1n) is 9.88. The first-order chi connectivity index (χ1) is 14.0. The van der Waals surface area contributed by atoms with E-state index in [1.165, 1.54) is 4.90 Å². The molecule has 4 rings (SSSR count). The summed E-state index contributed by atoms with van der Waals surface area (Å²) in [5.41, 5.74) is 2.36. The molecule has 6 heteroatoms. The maximum Gasteiger partial charge on any atom is 0.275 e. The summed E-state index contributed by atoms with van der Waals surface area (Å²) in [6.45, 7) is 3.03. The maximum atomic E-state index is 13.7. The molecule has 1 unspecified atom stereocenters. The highest BCUT2D eigenvalue weighted by Crippen LogP contribution is 2.35. The molecule has 1 atom stereocenters. The van der Waals surface area contributed by atoms with E-state index >= 15 is 0 Å². The minimum absolute atomic E-state index is 0.123. The van der Waals surface area contributed by atoms with E-state index < -0.39 is 6.10 Å². The second-order valence-electron chi connectivity index (χ2n) is 7.46. The van der Waals surface area contributed by atoms with Gasteiger partial charge in [0, 0.05) is 31.5 Å². The van der Waals surface area contributed by atoms with Gasteiger partial charge in [-0.15, -0.1) is 0 Å². The first-order valence-corrected chi connectivity index (χ1v) is 9.88. The van der Waals surface area contributed by atoms with Crippen LogP contribution in [0.4, 0.5) is 5.69 Å². The molecule has 1 aliphatic rings. The molecular weight excluding hydrogens is 366 g/mol. The number of para-hydroxylation sites is 3. The fourth-order valence-electron chi connectivity index (χ4n) is 3.83. The number of likely N-dealkylation sites (N-methyl/N-ethyl adjacent to an activating group) is 1. The standard InChI is InChI=1S/C23H25N3O3/c1-4-13-25-17-10-6-5-9-16(17)14-19(25)22(27)26-15-21(23(28)24(2)3)29-20-12-8-7-11-18(20)26/h5-12,14,21H,4,13,15H2,1-3H3. The molecule has 0 saturated carbocycles. The zero-order chi connectivity index (χ0) is 20.5. The van der Waals surface area contributed by atoms with Crippen molar-refractivity contribution < 1.29 is 14.3 Å². The topological polar surface area (TPSA) is 54.8 Å². The van der Waals surface area contributed by atoms with E-state index in [9.17, 15) is 9.59 Å². The van der Waals surface area contributed by atoms with E-state index in [1.54, 1.807) is 25.1 Å². The van der Waals surface area contributed by atoms with Crippen molar-refractivity contribution in [1.29, 1.82) is 0 Å². The second-order valence-corrected chi connectivity index (χ2v) is 7.46. The van der Waals surface area contributed by atoms with Crippen molar-refractivity contribution in [3.8, 4) is 5.75 Å². The lowest BCUT2D eigenvalue weighted by Gasteiger charge is -2.35. The van der Waals surface area contributed by atoms with Gasteiger partial charge < -0.3 is 14.2 Å². The lowest BCUT2D eigenvalue weighted by Crippen LogP contribution is -2.50. The van der Waals surface area contributed by atoms with Crippen LogP contribution in [0.2, 0.25) is 0 Å². The van der Waals surface area contributed by atoms with Gasteiger partial charge in [-0.3, -0.25) is 14.5 Å². The largest absolute Gasteiger partial charge is 0.476 e. The Morgan fingerprint density at radius 2 is 1.83 bits per heavy atom. The fourth-order valence-corrected chi connectivity index (χ4v) is 3.83. The van der Waals surface area contributed by atoms with Gasteiger partial charge >= 0.3 is 0 Å². The van der Waals surface area contributed by atoms with E-state index in [2.05, 4.69) is 11.5 Å². The number of benzene rings is 2. The van der Waals surface area contributed by atoms with Crippen molar-refractivity contribution in [3.05, 3.63) is 60.3 Å². The lowest BCUT2D eigenvalue weighted by atomic mass is 10.1. The predicted octanol–water partition coefficient (Wildman–Crippen LogP) is 3.55. The number of aromatic nitrogens is 1. The Kier molecular flexibility index (Phi) is 5.01. The Balaban J connectivity index is 1.79. The van der Waals surface area contributed by atoms with Gasteiger partial charge in [0.2, 0.25) is 0 Å². The molecular formula is C23H25N3O3. The Morgan fingerprint density at radius 1 is 1.10 bits per heavy atom. The third-order valence-electron chi connectivity index (χ3n) is 5.21. The van der Waals surface area contributed by atoms with Crippen LogP contribution in [0.5, 0.6) is 5.75 Å². The van der Waals surface area contributed by atoms with Gasteiger partial charge in [0.25, 0.3) is 11.8 Å². The van der Waals surface area contributed by atoms with Crippen molar-refractivity contribution in [1.82, 2.24) is 9.47 Å². The van der Waals surface area contributed by atoms with Crippen molar-refractivity contribution >= 4 is 28.4 Å². The molecule has 3 aromatic rings. The molecule has 29 heavy (non-hydrogen) atoms. The first kappa shape index (κ1) is 19.1. The Morgan fingerprint density at radius 3 is 2.59 bits per heavy atom. The average molecular weight is 391 g/mol. The number of carbonyl (C=O) groups excluding carboxylic acids is 2. The van der Waals surface area contributed by atoms with Gasteiger partial charge in [-0.1, -0.05) is 37.3 Å². The van der Waals surface area contributed by atoms with E-state index in [0.29, 0.717) is 17.1 Å². The summed E-state index contributed by atoms with van der Waals surface area (Å²) < 4.78 is 7.98. The van der Waals surface area contributed by atoms with Crippen LogP contribution in [0.3, 0.4) is 0 Å². The molecule has 1 aromatic heterocycles. The average Bonchev–Trinajstić information content (AvgIpc) is 3.10. The van der Waals surface area contributed by atoms with Gasteiger partial charge in [0.05, 0.1) is 12.2 Å². The SMILES string of the molecule is CCCn1c(C(=O)N2CC(C(=O)N(C)C)Oc3ccccc32)cc2ccccc21. The second kappa shape index (κ2) is 7.62. The monoisotopic (exact) mass is 391 g/mol. The Bertz CT molecular complexity index is 1070. The van der Waals surface area contributed by atoms with Crippen LogP contribution < -0.4 is 9.64 Å². The number of nitrogens with zero attached hydrogens (tertiary/aromatic N) is 3. The molecule has 2 amide bonds. The number of hydrogen-bond acceptors (Lipinski definition) is 3. The minimum atomic E-state index is -0.729. The molecule has 0 radical (unpaired) electrons. The third kappa shape index (κ3) is 3.35. The van der Waals surface area contributed by atoms with Crippen LogP contribution in [-0.2, 0) is 11.3 Å². The molecule has 0 spiro atoms. The highest BCUT2D eigenvalue weighted by molar-refractivity contribution is 6.09. The number of fused-ring (bicyclic) bond motifs is 2. The molecule has 0 N–H and O–H groups in total. The van der Waals surface area contributed by atoms with E-state index in [4.69, 9.17) is 4.74 Å². The van der Waals surface area contributed by atoms with Crippen LogP contribution in [0.15, 0.2) is 54.6 Å². The smallest absolute Gasteiger partial charge is 0.275 e. The van der Waals surface area contributed by atoms with Crippen LogP contribution in [0, 0.1) is 0 Å². The number of rotatable bonds is 4. The number of anilines is 1. The summed E-state index contributed by atoms with van der Waals surface area (Å²) in [6, 6.07) is 17.3. The lowest BCUT2D eigenvalue weighted by molar-refractivity contribution is -0.135. The molecule has 2 heterocycles. The molecule has 0 saturated heterocycles. The number of hydrogen-bond donors (Lipinski definition) is 0. The van der Waals surface area contributed by atoms with Crippen molar-refractivity contribution in [2.24, 2.45) is 0 Å². The van der Waals surface area contributed by atoms with Crippen molar-refractivity contribution in [2.45, 2.75) is 26.0 Å². The zero-order valence-corrected chi connectivity index (χ0v) is 17.0. The summed E-state index contributed by atoms with van der Waals surface area (Å²) in [6.07, 6.45) is 0.188. The molecule has 0 fully saturated rings. The maximum absolute atomic E-state index is 13.7. The minimum Gasteiger partial charge on any atom is -0.476 e. The highest BCUT2D eigenvalue weighted by Gasteiger charge is 2.35. The fraction of sp³-hybridized carbons (Fsp3) is 0.304. The molecule has 6 nitrogen and oxygen atoms in total. The van der Waals surface area contributed by atoms with Gasteiger partial charge in [0.1, 0.15) is 11.4 Å². The summed E-state index contributed by atoms with van der Waals surface area (Å²) in [7, 11) is 3.38. The van der Waals surface area contributed by atoms with Crippen LogP contribution in [0.25, 0.3) is 10.9 Å². The third-order valence-corrected chi connectivity index (χ3v) is 5.21. The van der Waals surface area contributed by atoms with Crippen molar-refractivity contribution in [2.75, 3.05) is 25.5 Å². The van der Waals surface area contributed by atoms with E-state index in [0.717, 1.165) is 23.9 Å². The Hall–Kier alpha value is -3.28. The predicted molar refractivity (Wildman–Crippen MR) is 113 cm³/mol. The number of amides is 2.